The lowest BCUT2D eigenvalue weighted by atomic mass is 10.2. The van der Waals surface area contributed by atoms with Crippen molar-refractivity contribution in [2.24, 2.45) is 0 Å². The molecule has 0 bridgehead atoms. The van der Waals surface area contributed by atoms with Crippen molar-refractivity contribution >= 4 is 23.6 Å². The summed E-state index contributed by atoms with van der Waals surface area (Å²) in [6.07, 6.45) is -2.39. The minimum Gasteiger partial charge on any atom is -0.480 e. The van der Waals surface area contributed by atoms with E-state index in [4.69, 9.17) is 5.11 Å². The number of hydrogen-bond acceptors (Lipinski definition) is 4. The van der Waals surface area contributed by atoms with Gasteiger partial charge in [-0.2, -0.15) is 24.9 Å². The van der Waals surface area contributed by atoms with E-state index in [1.54, 1.807) is 6.26 Å². The molecule has 5 nitrogen and oxygen atoms in total. The second kappa shape index (κ2) is 8.20. The number of alkyl halides is 3. The number of amides is 1. The van der Waals surface area contributed by atoms with E-state index in [1.807, 2.05) is 5.32 Å². The zero-order valence-electron chi connectivity index (χ0n) is 9.71. The molecule has 0 saturated carbocycles. The molecule has 0 fully saturated rings. The molecular formula is C9H15F3N2O3S. The number of carboxylic acids is 1. The van der Waals surface area contributed by atoms with E-state index in [0.717, 1.165) is 0 Å². The molecule has 3 N–H and O–H groups in total. The van der Waals surface area contributed by atoms with Crippen molar-refractivity contribution in [3.63, 3.8) is 0 Å². The quantitative estimate of drug-likeness (QED) is 0.605. The Bertz CT molecular complexity index is 287. The molecule has 18 heavy (non-hydrogen) atoms. The number of halogens is 3. The maximum absolute atomic E-state index is 11.8. The number of rotatable bonds is 8. The summed E-state index contributed by atoms with van der Waals surface area (Å²) in [5.41, 5.74) is 0. The number of hydrogen-bond donors (Lipinski definition) is 3. The highest BCUT2D eigenvalue weighted by Gasteiger charge is 2.27. The fourth-order valence-corrected chi connectivity index (χ4v) is 1.53. The van der Waals surface area contributed by atoms with Gasteiger partial charge in [0, 0.05) is 0 Å². The number of carbonyl (C=O) groups is 2. The van der Waals surface area contributed by atoms with Gasteiger partial charge in [-0.1, -0.05) is 0 Å². The third-order valence-electron chi connectivity index (χ3n) is 1.85. The van der Waals surface area contributed by atoms with Crippen LogP contribution in [0.1, 0.15) is 6.42 Å². The first kappa shape index (κ1) is 17.0. The highest BCUT2D eigenvalue weighted by atomic mass is 32.2. The molecular weight excluding hydrogens is 273 g/mol. The standard InChI is InChI=1S/C9H15F3N2O3S/c1-18-3-2-6(8(16)17)14-7(15)4-13-5-9(10,11)12/h6,13H,2-5H2,1H3,(H,14,15)(H,16,17)/t6-/m0/s1. The number of carbonyl (C=O) groups excluding carboxylic acids is 1. The van der Waals surface area contributed by atoms with Gasteiger partial charge < -0.3 is 15.7 Å². The molecule has 0 aliphatic carbocycles. The molecule has 0 aliphatic rings. The summed E-state index contributed by atoms with van der Waals surface area (Å²) in [6.45, 7) is -1.86. The number of carboxylic acid groups (broad SMARTS) is 1. The Morgan fingerprint density at radius 3 is 2.44 bits per heavy atom. The number of nitrogens with one attached hydrogen (secondary N) is 2. The molecule has 9 heteroatoms. The highest BCUT2D eigenvalue weighted by molar-refractivity contribution is 7.98. The fraction of sp³-hybridized carbons (Fsp3) is 0.778. The summed E-state index contributed by atoms with van der Waals surface area (Å²) in [4.78, 5) is 21.9. The van der Waals surface area contributed by atoms with E-state index >= 15 is 0 Å². The third-order valence-corrected chi connectivity index (χ3v) is 2.50. The first-order valence-electron chi connectivity index (χ1n) is 5.05. The lowest BCUT2D eigenvalue weighted by Gasteiger charge is -2.14. The van der Waals surface area contributed by atoms with Gasteiger partial charge in [0.1, 0.15) is 6.04 Å². The van der Waals surface area contributed by atoms with Gasteiger partial charge in [0.05, 0.1) is 13.1 Å². The van der Waals surface area contributed by atoms with Gasteiger partial charge in [0.2, 0.25) is 5.91 Å². The molecule has 0 aromatic carbocycles. The molecule has 0 unspecified atom stereocenters. The van der Waals surface area contributed by atoms with Crippen LogP contribution in [0.3, 0.4) is 0 Å². The zero-order chi connectivity index (χ0) is 14.2. The SMILES string of the molecule is CSCC[C@H](NC(=O)CNCC(F)(F)F)C(=O)O. The van der Waals surface area contributed by atoms with Crippen molar-refractivity contribution < 1.29 is 27.9 Å². The Balaban J connectivity index is 3.99. The Morgan fingerprint density at radius 2 is 2.00 bits per heavy atom. The average molecular weight is 288 g/mol. The van der Waals surface area contributed by atoms with Crippen LogP contribution in [0.25, 0.3) is 0 Å². The van der Waals surface area contributed by atoms with Gasteiger partial charge in [-0.3, -0.25) is 4.79 Å². The Kier molecular flexibility index (Phi) is 7.76. The smallest absolute Gasteiger partial charge is 0.401 e. The summed E-state index contributed by atoms with van der Waals surface area (Å²) < 4.78 is 35.3. The van der Waals surface area contributed by atoms with Crippen molar-refractivity contribution in [1.82, 2.24) is 10.6 Å². The highest BCUT2D eigenvalue weighted by Crippen LogP contribution is 2.11. The predicted octanol–water partition coefficient (Wildman–Crippen LogP) is 0.461. The molecule has 0 radical (unpaired) electrons. The molecule has 0 spiro atoms. The van der Waals surface area contributed by atoms with E-state index in [9.17, 15) is 22.8 Å². The van der Waals surface area contributed by atoms with Gasteiger partial charge in [0.25, 0.3) is 0 Å². The molecule has 0 aromatic rings. The normalized spacial score (nSPS) is 13.1. The van der Waals surface area contributed by atoms with Gasteiger partial charge >= 0.3 is 12.1 Å². The van der Waals surface area contributed by atoms with Gasteiger partial charge in [-0.15, -0.1) is 0 Å². The molecule has 0 saturated heterocycles. The zero-order valence-corrected chi connectivity index (χ0v) is 10.5. The van der Waals surface area contributed by atoms with E-state index in [1.165, 1.54) is 11.8 Å². The summed E-state index contributed by atoms with van der Waals surface area (Å²) in [5.74, 6) is -1.44. The summed E-state index contributed by atoms with van der Waals surface area (Å²) >= 11 is 1.42. The molecule has 0 heterocycles. The van der Waals surface area contributed by atoms with Crippen LogP contribution in [-0.2, 0) is 9.59 Å². The van der Waals surface area contributed by atoms with Crippen LogP contribution in [-0.4, -0.2) is 54.3 Å². The number of thioether (sulfide) groups is 1. The Morgan fingerprint density at radius 1 is 1.39 bits per heavy atom. The van der Waals surface area contributed by atoms with Crippen LogP contribution in [0.4, 0.5) is 13.2 Å². The fourth-order valence-electron chi connectivity index (χ4n) is 1.06. The lowest BCUT2D eigenvalue weighted by molar-refractivity contribution is -0.142. The molecule has 1 amide bonds. The van der Waals surface area contributed by atoms with E-state index < -0.39 is 37.2 Å². The largest absolute Gasteiger partial charge is 0.480 e. The Hall–Kier alpha value is -0.960. The van der Waals surface area contributed by atoms with Crippen LogP contribution < -0.4 is 10.6 Å². The first-order chi connectivity index (χ1) is 8.26. The van der Waals surface area contributed by atoms with Crippen molar-refractivity contribution in [3.8, 4) is 0 Å². The topological polar surface area (TPSA) is 78.4 Å². The first-order valence-corrected chi connectivity index (χ1v) is 6.44. The second-order valence-electron chi connectivity index (χ2n) is 3.46. The minimum atomic E-state index is -4.40. The summed E-state index contributed by atoms with van der Waals surface area (Å²) in [5, 5.41) is 12.8. The molecule has 0 rings (SSSR count). The molecule has 0 aliphatic heterocycles. The maximum atomic E-state index is 11.8. The van der Waals surface area contributed by atoms with Crippen molar-refractivity contribution in [1.29, 1.82) is 0 Å². The van der Waals surface area contributed by atoms with E-state index in [-0.39, 0.29) is 6.42 Å². The second-order valence-corrected chi connectivity index (χ2v) is 4.44. The van der Waals surface area contributed by atoms with Gasteiger partial charge in [0.15, 0.2) is 0 Å². The van der Waals surface area contributed by atoms with Crippen molar-refractivity contribution in [2.45, 2.75) is 18.6 Å². The molecule has 1 atom stereocenters. The third kappa shape index (κ3) is 9.11. The lowest BCUT2D eigenvalue weighted by Crippen LogP contribution is -2.46. The monoisotopic (exact) mass is 288 g/mol. The summed E-state index contributed by atoms with van der Waals surface area (Å²) in [7, 11) is 0. The maximum Gasteiger partial charge on any atom is 0.401 e. The van der Waals surface area contributed by atoms with Gasteiger partial charge in [-0.25, -0.2) is 4.79 Å². The molecule has 106 valence electrons. The Labute approximate surface area is 106 Å². The van der Waals surface area contributed by atoms with Crippen LogP contribution in [0.2, 0.25) is 0 Å². The number of aliphatic carboxylic acids is 1. The predicted molar refractivity (Wildman–Crippen MR) is 61.5 cm³/mol. The minimum absolute atomic E-state index is 0.224. The van der Waals surface area contributed by atoms with Crippen molar-refractivity contribution in [3.05, 3.63) is 0 Å². The van der Waals surface area contributed by atoms with E-state index in [2.05, 4.69) is 5.32 Å². The van der Waals surface area contributed by atoms with Crippen LogP contribution in [0.5, 0.6) is 0 Å². The average Bonchev–Trinajstić information content (AvgIpc) is 2.21. The van der Waals surface area contributed by atoms with Gasteiger partial charge in [-0.05, 0) is 18.4 Å². The van der Waals surface area contributed by atoms with Crippen molar-refractivity contribution in [2.75, 3.05) is 25.1 Å². The van der Waals surface area contributed by atoms with Crippen LogP contribution in [0, 0.1) is 0 Å². The van der Waals surface area contributed by atoms with E-state index in [0.29, 0.717) is 5.75 Å². The summed E-state index contributed by atoms with van der Waals surface area (Å²) in [6, 6.07) is -1.07. The van der Waals surface area contributed by atoms with Crippen LogP contribution >= 0.6 is 11.8 Å². The van der Waals surface area contributed by atoms with Crippen LogP contribution in [0.15, 0.2) is 0 Å². The molecule has 0 aromatic heterocycles.